The Morgan fingerprint density at radius 1 is 1.39 bits per heavy atom. The van der Waals surface area contributed by atoms with Crippen LogP contribution in [0.3, 0.4) is 0 Å². The molecule has 0 aromatic heterocycles. The lowest BCUT2D eigenvalue weighted by Crippen LogP contribution is -2.62. The molecule has 100 valence electrons. The maximum Gasteiger partial charge on any atom is 0.139 e. The first kappa shape index (κ1) is 13.5. The largest absolute Gasteiger partial charge is 0.392 e. The quantitative estimate of drug-likeness (QED) is 0.715. The van der Waals surface area contributed by atoms with E-state index >= 15 is 0 Å². The summed E-state index contributed by atoms with van der Waals surface area (Å²) in [5.74, 6) is 0. The fourth-order valence-electron chi connectivity index (χ4n) is 2.55. The Kier molecular flexibility index (Phi) is 4.35. The summed E-state index contributed by atoms with van der Waals surface area (Å²) in [4.78, 5) is 2.00. The molecule has 0 aliphatic carbocycles. The van der Waals surface area contributed by atoms with E-state index in [9.17, 15) is 10.2 Å². The highest BCUT2D eigenvalue weighted by Crippen LogP contribution is 2.19. The fourth-order valence-corrected chi connectivity index (χ4v) is 2.55. The highest BCUT2D eigenvalue weighted by molar-refractivity contribution is 5.16. The first-order chi connectivity index (χ1) is 8.63. The van der Waals surface area contributed by atoms with E-state index in [0.717, 1.165) is 26.1 Å². The SMILES string of the molecule is CC(O)(CO)N1CCNCC1Cc1ccccc1. The van der Waals surface area contributed by atoms with E-state index in [1.165, 1.54) is 5.56 Å². The first-order valence-corrected chi connectivity index (χ1v) is 6.48. The van der Waals surface area contributed by atoms with Gasteiger partial charge in [-0.05, 0) is 18.9 Å². The Balaban J connectivity index is 2.09. The number of rotatable bonds is 4. The molecule has 2 atom stereocenters. The van der Waals surface area contributed by atoms with Gasteiger partial charge in [-0.3, -0.25) is 4.90 Å². The number of nitrogens with zero attached hydrogens (tertiary/aromatic N) is 1. The average molecular weight is 250 g/mol. The number of aliphatic hydroxyl groups is 2. The van der Waals surface area contributed by atoms with Crippen LogP contribution in [0.4, 0.5) is 0 Å². The summed E-state index contributed by atoms with van der Waals surface area (Å²) in [6.07, 6.45) is 0.879. The van der Waals surface area contributed by atoms with Crippen LogP contribution >= 0.6 is 0 Å². The van der Waals surface area contributed by atoms with Crippen molar-refractivity contribution in [2.45, 2.75) is 25.1 Å². The van der Waals surface area contributed by atoms with Crippen LogP contribution in [0.5, 0.6) is 0 Å². The van der Waals surface area contributed by atoms with Gasteiger partial charge in [-0.15, -0.1) is 0 Å². The Morgan fingerprint density at radius 2 is 2.11 bits per heavy atom. The van der Waals surface area contributed by atoms with Gasteiger partial charge in [-0.25, -0.2) is 0 Å². The maximum atomic E-state index is 10.2. The summed E-state index contributed by atoms with van der Waals surface area (Å²) >= 11 is 0. The summed E-state index contributed by atoms with van der Waals surface area (Å²) in [5.41, 5.74) is 0.117. The molecule has 4 nitrogen and oxygen atoms in total. The van der Waals surface area contributed by atoms with Gasteiger partial charge in [-0.2, -0.15) is 0 Å². The summed E-state index contributed by atoms with van der Waals surface area (Å²) in [6.45, 7) is 3.88. The average Bonchev–Trinajstić information content (AvgIpc) is 2.40. The molecule has 3 N–H and O–H groups in total. The zero-order valence-corrected chi connectivity index (χ0v) is 10.8. The van der Waals surface area contributed by atoms with E-state index in [4.69, 9.17) is 0 Å². The molecule has 1 aromatic rings. The van der Waals surface area contributed by atoms with Gasteiger partial charge in [0.25, 0.3) is 0 Å². The highest BCUT2D eigenvalue weighted by atomic mass is 16.3. The fraction of sp³-hybridized carbons (Fsp3) is 0.571. The van der Waals surface area contributed by atoms with Gasteiger partial charge in [0.05, 0.1) is 6.61 Å². The molecule has 0 amide bonds. The summed E-state index contributed by atoms with van der Waals surface area (Å²) < 4.78 is 0. The lowest BCUT2D eigenvalue weighted by Gasteiger charge is -2.44. The molecule has 4 heteroatoms. The van der Waals surface area contributed by atoms with Gasteiger partial charge in [0.2, 0.25) is 0 Å². The standard InChI is InChI=1S/C14H22N2O2/c1-14(18,11-17)16-8-7-15-10-13(16)9-12-5-3-2-4-6-12/h2-6,13,15,17-18H,7-11H2,1H3. The predicted molar refractivity (Wildman–Crippen MR) is 71.2 cm³/mol. The molecule has 2 rings (SSSR count). The molecular weight excluding hydrogens is 228 g/mol. The van der Waals surface area contributed by atoms with Crippen molar-refractivity contribution < 1.29 is 10.2 Å². The third-order valence-electron chi connectivity index (χ3n) is 3.58. The molecule has 18 heavy (non-hydrogen) atoms. The normalized spacial score (nSPS) is 24.7. The molecule has 0 radical (unpaired) electrons. The summed E-state index contributed by atoms with van der Waals surface area (Å²) in [6, 6.07) is 10.5. The van der Waals surface area contributed by atoms with Crippen molar-refractivity contribution in [2.24, 2.45) is 0 Å². The van der Waals surface area contributed by atoms with Crippen LogP contribution in [-0.4, -0.2) is 53.1 Å². The molecule has 1 saturated heterocycles. The Hall–Kier alpha value is -0.940. The molecule has 1 aromatic carbocycles. The van der Waals surface area contributed by atoms with Crippen LogP contribution in [0.1, 0.15) is 12.5 Å². The second kappa shape index (κ2) is 5.80. The van der Waals surface area contributed by atoms with Crippen LogP contribution in [-0.2, 0) is 6.42 Å². The second-order valence-corrected chi connectivity index (χ2v) is 5.12. The van der Waals surface area contributed by atoms with E-state index in [2.05, 4.69) is 17.4 Å². The minimum atomic E-state index is -1.14. The Morgan fingerprint density at radius 3 is 2.78 bits per heavy atom. The molecular formula is C14H22N2O2. The van der Waals surface area contributed by atoms with Crippen LogP contribution in [0.25, 0.3) is 0 Å². The van der Waals surface area contributed by atoms with Crippen LogP contribution < -0.4 is 5.32 Å². The van der Waals surface area contributed by atoms with Gasteiger partial charge in [0.15, 0.2) is 0 Å². The van der Waals surface area contributed by atoms with Crippen LogP contribution in [0.15, 0.2) is 30.3 Å². The molecule has 1 aliphatic heterocycles. The van der Waals surface area contributed by atoms with Crippen molar-refractivity contribution in [3.05, 3.63) is 35.9 Å². The number of aliphatic hydroxyl groups excluding tert-OH is 1. The topological polar surface area (TPSA) is 55.7 Å². The lowest BCUT2D eigenvalue weighted by molar-refractivity contribution is -0.147. The van der Waals surface area contributed by atoms with E-state index < -0.39 is 5.72 Å². The van der Waals surface area contributed by atoms with E-state index in [1.54, 1.807) is 6.92 Å². The van der Waals surface area contributed by atoms with Gasteiger partial charge >= 0.3 is 0 Å². The monoisotopic (exact) mass is 250 g/mol. The van der Waals surface area contributed by atoms with Crippen LogP contribution in [0.2, 0.25) is 0 Å². The van der Waals surface area contributed by atoms with Crippen molar-refractivity contribution in [3.8, 4) is 0 Å². The van der Waals surface area contributed by atoms with Gasteiger partial charge in [0, 0.05) is 25.7 Å². The van der Waals surface area contributed by atoms with E-state index in [-0.39, 0.29) is 12.6 Å². The van der Waals surface area contributed by atoms with Gasteiger partial charge in [0.1, 0.15) is 5.72 Å². The molecule has 0 bridgehead atoms. The molecule has 1 aliphatic rings. The zero-order valence-electron chi connectivity index (χ0n) is 10.8. The smallest absolute Gasteiger partial charge is 0.139 e. The minimum Gasteiger partial charge on any atom is -0.392 e. The molecule has 0 spiro atoms. The number of hydrogen-bond acceptors (Lipinski definition) is 4. The molecule has 1 heterocycles. The summed E-state index contributed by atoms with van der Waals surface area (Å²) in [7, 11) is 0. The van der Waals surface area contributed by atoms with Gasteiger partial charge in [-0.1, -0.05) is 30.3 Å². The number of nitrogens with one attached hydrogen (secondary N) is 1. The molecule has 0 saturated carbocycles. The van der Waals surface area contributed by atoms with Crippen molar-refractivity contribution in [1.29, 1.82) is 0 Å². The predicted octanol–water partition coefficient (Wildman–Crippen LogP) is 0.204. The van der Waals surface area contributed by atoms with Crippen molar-refractivity contribution in [1.82, 2.24) is 10.2 Å². The third-order valence-corrected chi connectivity index (χ3v) is 3.58. The van der Waals surface area contributed by atoms with Crippen molar-refractivity contribution in [3.63, 3.8) is 0 Å². The third kappa shape index (κ3) is 3.09. The van der Waals surface area contributed by atoms with E-state index in [1.807, 2.05) is 23.1 Å². The lowest BCUT2D eigenvalue weighted by atomic mass is 10.0. The number of hydrogen-bond donors (Lipinski definition) is 3. The number of benzene rings is 1. The van der Waals surface area contributed by atoms with Crippen molar-refractivity contribution >= 4 is 0 Å². The highest BCUT2D eigenvalue weighted by Gasteiger charge is 2.35. The van der Waals surface area contributed by atoms with Crippen molar-refractivity contribution in [2.75, 3.05) is 26.2 Å². The molecule has 1 fully saturated rings. The zero-order chi connectivity index (χ0) is 13.0. The Bertz CT molecular complexity index is 367. The Labute approximate surface area is 108 Å². The summed E-state index contributed by atoms with van der Waals surface area (Å²) in [5, 5.41) is 22.9. The number of piperazine rings is 1. The van der Waals surface area contributed by atoms with Crippen LogP contribution in [0, 0.1) is 0 Å². The van der Waals surface area contributed by atoms with E-state index in [0.29, 0.717) is 0 Å². The minimum absolute atomic E-state index is 0.211. The first-order valence-electron chi connectivity index (χ1n) is 6.48. The van der Waals surface area contributed by atoms with Gasteiger partial charge < -0.3 is 15.5 Å². The molecule has 2 unspecified atom stereocenters. The maximum absolute atomic E-state index is 10.2. The second-order valence-electron chi connectivity index (χ2n) is 5.12.